The summed E-state index contributed by atoms with van der Waals surface area (Å²) in [5.74, 6) is 1.58. The first-order valence-electron chi connectivity index (χ1n) is 10.6. The molecule has 0 radical (unpaired) electrons. The number of nitrogens with one attached hydrogen (secondary N) is 2. The normalized spacial score (nSPS) is 13.9. The molecule has 3 aromatic rings. The van der Waals surface area contributed by atoms with E-state index in [0.29, 0.717) is 17.8 Å². The van der Waals surface area contributed by atoms with E-state index in [2.05, 4.69) is 52.7 Å². The Labute approximate surface area is 183 Å². The Morgan fingerprint density at radius 3 is 2.29 bits per heavy atom. The van der Waals surface area contributed by atoms with Crippen LogP contribution in [0, 0.1) is 0 Å². The summed E-state index contributed by atoms with van der Waals surface area (Å²) in [6.45, 7) is 1.91. The average molecular weight is 417 g/mol. The fourth-order valence-corrected chi connectivity index (χ4v) is 3.38. The lowest BCUT2D eigenvalue weighted by atomic mass is 10.1. The predicted molar refractivity (Wildman–Crippen MR) is 128 cm³/mol. The Balaban J connectivity index is 1.52. The van der Waals surface area contributed by atoms with E-state index in [-0.39, 0.29) is 0 Å². The van der Waals surface area contributed by atoms with Gasteiger partial charge in [-0.15, -0.1) is 0 Å². The van der Waals surface area contributed by atoms with E-state index in [1.165, 1.54) is 6.42 Å². The van der Waals surface area contributed by atoms with E-state index < -0.39 is 0 Å². The van der Waals surface area contributed by atoms with Gasteiger partial charge >= 0.3 is 0 Å². The second kappa shape index (κ2) is 9.88. The molecule has 1 saturated heterocycles. The quantitative estimate of drug-likeness (QED) is 0.443. The lowest BCUT2D eigenvalue weighted by Gasteiger charge is -2.26. The van der Waals surface area contributed by atoms with Gasteiger partial charge in [-0.1, -0.05) is 30.3 Å². The third kappa shape index (κ3) is 5.69. The fourth-order valence-electron chi connectivity index (χ4n) is 3.38. The van der Waals surface area contributed by atoms with Crippen molar-refractivity contribution in [3.63, 3.8) is 0 Å². The molecule has 0 bridgehead atoms. The number of benzene rings is 2. The number of hydrazone groups is 1. The Hall–Kier alpha value is -3.68. The van der Waals surface area contributed by atoms with Crippen LogP contribution < -0.4 is 20.5 Å². The van der Waals surface area contributed by atoms with Crippen LogP contribution in [0.2, 0.25) is 0 Å². The summed E-state index contributed by atoms with van der Waals surface area (Å²) in [5.41, 5.74) is 6.03. The van der Waals surface area contributed by atoms with E-state index in [9.17, 15) is 0 Å². The molecule has 2 heterocycles. The van der Waals surface area contributed by atoms with Crippen LogP contribution in [0.5, 0.6) is 0 Å². The van der Waals surface area contributed by atoms with Crippen molar-refractivity contribution in [3.8, 4) is 0 Å². The topological polar surface area (TPSA) is 81.6 Å². The Bertz CT molecular complexity index is 996. The molecular weight excluding hydrogens is 388 g/mol. The van der Waals surface area contributed by atoms with Crippen molar-refractivity contribution in [1.82, 2.24) is 15.0 Å². The van der Waals surface area contributed by atoms with Gasteiger partial charge in [-0.2, -0.15) is 20.1 Å². The van der Waals surface area contributed by atoms with Crippen LogP contribution in [0.3, 0.4) is 0 Å². The first-order chi connectivity index (χ1) is 15.2. The molecule has 2 N–H and O–H groups in total. The zero-order chi connectivity index (χ0) is 21.5. The van der Waals surface area contributed by atoms with E-state index in [0.717, 1.165) is 42.9 Å². The maximum atomic E-state index is 4.64. The van der Waals surface area contributed by atoms with Crippen molar-refractivity contribution in [2.45, 2.75) is 19.3 Å². The molecule has 2 aromatic carbocycles. The second-order valence-electron chi connectivity index (χ2n) is 7.68. The van der Waals surface area contributed by atoms with Crippen LogP contribution in [0.25, 0.3) is 0 Å². The summed E-state index contributed by atoms with van der Waals surface area (Å²) in [6.07, 6.45) is 5.31. The molecular formula is C23H28N8. The third-order valence-electron chi connectivity index (χ3n) is 5.08. The minimum atomic E-state index is 0.412. The third-order valence-corrected chi connectivity index (χ3v) is 5.08. The molecule has 4 rings (SSSR count). The lowest BCUT2D eigenvalue weighted by molar-refractivity contribution is 0.568. The van der Waals surface area contributed by atoms with Crippen LogP contribution >= 0.6 is 0 Å². The lowest BCUT2D eigenvalue weighted by Crippen LogP contribution is -2.31. The Morgan fingerprint density at radius 1 is 0.871 bits per heavy atom. The molecule has 8 heteroatoms. The van der Waals surface area contributed by atoms with E-state index >= 15 is 0 Å². The monoisotopic (exact) mass is 416 g/mol. The number of para-hydroxylation sites is 1. The van der Waals surface area contributed by atoms with Crippen molar-refractivity contribution in [1.29, 1.82) is 0 Å². The number of anilines is 5. The van der Waals surface area contributed by atoms with Gasteiger partial charge < -0.3 is 15.1 Å². The summed E-state index contributed by atoms with van der Waals surface area (Å²) in [4.78, 5) is 18.0. The van der Waals surface area contributed by atoms with Gasteiger partial charge in [0.05, 0.1) is 6.21 Å². The molecule has 31 heavy (non-hydrogen) atoms. The molecule has 1 aliphatic rings. The standard InChI is InChI=1S/C23H28N8/c1-30(2)20-13-11-18(12-14-20)17-24-29-22-26-21(25-19-9-5-3-6-10-19)27-23(28-22)31-15-7-4-8-16-31/h3,5-6,9-14,17H,4,7-8,15-16H2,1-2H3,(H2,25,26,27,28,29). The Morgan fingerprint density at radius 2 is 1.58 bits per heavy atom. The highest BCUT2D eigenvalue weighted by Gasteiger charge is 2.16. The van der Waals surface area contributed by atoms with Crippen LogP contribution in [0.15, 0.2) is 59.7 Å². The Kier molecular flexibility index (Phi) is 6.56. The summed E-state index contributed by atoms with van der Waals surface area (Å²) in [6, 6.07) is 18.0. The molecule has 0 spiro atoms. The molecule has 8 nitrogen and oxygen atoms in total. The van der Waals surface area contributed by atoms with Gasteiger partial charge in [0.1, 0.15) is 0 Å². The van der Waals surface area contributed by atoms with E-state index in [4.69, 9.17) is 0 Å². The largest absolute Gasteiger partial charge is 0.378 e. The maximum Gasteiger partial charge on any atom is 0.250 e. The molecule has 0 aliphatic carbocycles. The van der Waals surface area contributed by atoms with Crippen molar-refractivity contribution >= 4 is 35.4 Å². The highest BCUT2D eigenvalue weighted by molar-refractivity contribution is 5.80. The van der Waals surface area contributed by atoms with Gasteiger partial charge in [0.15, 0.2) is 0 Å². The predicted octanol–water partition coefficient (Wildman–Crippen LogP) is 4.12. The molecule has 0 saturated carbocycles. The molecule has 1 aromatic heterocycles. The van der Waals surface area contributed by atoms with Gasteiger partial charge in [-0.3, -0.25) is 0 Å². The second-order valence-corrected chi connectivity index (χ2v) is 7.68. The molecule has 0 unspecified atom stereocenters. The number of piperidine rings is 1. The minimum absolute atomic E-state index is 0.412. The van der Waals surface area contributed by atoms with E-state index in [1.807, 2.05) is 56.6 Å². The summed E-state index contributed by atoms with van der Waals surface area (Å²) in [5, 5.41) is 7.60. The van der Waals surface area contributed by atoms with Gasteiger partial charge in [-0.05, 0) is 49.1 Å². The van der Waals surface area contributed by atoms with Crippen LogP contribution in [0.1, 0.15) is 24.8 Å². The molecule has 1 fully saturated rings. The zero-order valence-corrected chi connectivity index (χ0v) is 18.0. The fraction of sp³-hybridized carbons (Fsp3) is 0.304. The summed E-state index contributed by atoms with van der Waals surface area (Å²) in [7, 11) is 4.04. The zero-order valence-electron chi connectivity index (χ0n) is 18.0. The molecule has 1 aliphatic heterocycles. The van der Waals surface area contributed by atoms with Crippen molar-refractivity contribution in [2.75, 3.05) is 47.7 Å². The van der Waals surface area contributed by atoms with Gasteiger partial charge in [0.2, 0.25) is 17.8 Å². The molecule has 0 amide bonds. The highest BCUT2D eigenvalue weighted by atomic mass is 15.4. The smallest absolute Gasteiger partial charge is 0.250 e. The van der Waals surface area contributed by atoms with Gasteiger partial charge in [0, 0.05) is 38.6 Å². The average Bonchev–Trinajstić information content (AvgIpc) is 2.80. The first-order valence-corrected chi connectivity index (χ1v) is 10.6. The summed E-state index contributed by atoms with van der Waals surface area (Å²) >= 11 is 0. The van der Waals surface area contributed by atoms with Gasteiger partial charge in [0.25, 0.3) is 0 Å². The van der Waals surface area contributed by atoms with Crippen molar-refractivity contribution < 1.29 is 0 Å². The number of aromatic nitrogens is 3. The SMILES string of the molecule is CN(C)c1ccc(C=NNc2nc(Nc3ccccc3)nc(N3CCCCC3)n2)cc1. The highest BCUT2D eigenvalue weighted by Crippen LogP contribution is 2.20. The number of hydrogen-bond acceptors (Lipinski definition) is 8. The van der Waals surface area contributed by atoms with Crippen LogP contribution in [0.4, 0.5) is 29.2 Å². The number of hydrogen-bond donors (Lipinski definition) is 2. The van der Waals surface area contributed by atoms with Crippen LogP contribution in [-0.2, 0) is 0 Å². The van der Waals surface area contributed by atoms with Crippen molar-refractivity contribution in [2.24, 2.45) is 5.10 Å². The van der Waals surface area contributed by atoms with Crippen molar-refractivity contribution in [3.05, 3.63) is 60.2 Å². The molecule has 0 atom stereocenters. The number of nitrogens with zero attached hydrogens (tertiary/aromatic N) is 6. The van der Waals surface area contributed by atoms with Gasteiger partial charge in [-0.25, -0.2) is 5.43 Å². The summed E-state index contributed by atoms with van der Waals surface area (Å²) < 4.78 is 0. The first kappa shape index (κ1) is 20.6. The molecule has 160 valence electrons. The minimum Gasteiger partial charge on any atom is -0.378 e. The van der Waals surface area contributed by atoms with Crippen LogP contribution in [-0.4, -0.2) is 48.4 Å². The number of rotatable bonds is 7. The maximum absolute atomic E-state index is 4.64. The van der Waals surface area contributed by atoms with E-state index in [1.54, 1.807) is 6.21 Å².